The number of pyridine rings is 1. The molecule has 0 aliphatic carbocycles. The first kappa shape index (κ1) is 10.3. The van der Waals surface area contributed by atoms with Gasteiger partial charge >= 0.3 is 0 Å². The Morgan fingerprint density at radius 1 is 1.25 bits per heavy atom. The van der Waals surface area contributed by atoms with E-state index in [2.05, 4.69) is 4.98 Å². The number of aromatic nitrogens is 1. The smallest absolute Gasteiger partial charge is 0.145 e. The average Bonchev–Trinajstić information content (AvgIpc) is 2.33. The molecule has 0 saturated carbocycles. The predicted molar refractivity (Wildman–Crippen MR) is 58.9 cm³/mol. The lowest BCUT2D eigenvalue weighted by molar-refractivity contribution is 0.609. The van der Waals surface area contributed by atoms with Crippen LogP contribution >= 0.6 is 0 Å². The maximum Gasteiger partial charge on any atom is 0.145 e. The summed E-state index contributed by atoms with van der Waals surface area (Å²) in [6, 6.07) is 13.0. The minimum absolute atomic E-state index is 0.0637. The van der Waals surface area contributed by atoms with Crippen LogP contribution in [-0.2, 0) is 6.42 Å². The van der Waals surface area contributed by atoms with Crippen LogP contribution in [0.5, 0.6) is 0 Å². The van der Waals surface area contributed by atoms with Gasteiger partial charge in [-0.25, -0.2) is 4.39 Å². The van der Waals surface area contributed by atoms with E-state index in [4.69, 9.17) is 5.26 Å². The molecule has 0 radical (unpaired) electrons. The Morgan fingerprint density at radius 2 is 2.00 bits per heavy atom. The second-order valence-corrected chi connectivity index (χ2v) is 3.36. The summed E-state index contributed by atoms with van der Waals surface area (Å²) in [4.78, 5) is 4.01. The van der Waals surface area contributed by atoms with Gasteiger partial charge in [-0.3, -0.25) is 4.98 Å². The highest BCUT2D eigenvalue weighted by Gasteiger charge is 2.05. The lowest BCUT2D eigenvalue weighted by Gasteiger charge is -2.03. The van der Waals surface area contributed by atoms with Crippen LogP contribution in [0, 0.1) is 17.1 Å². The number of nitriles is 1. The molecular formula is C13H9FN2. The SMILES string of the molecule is N#CCc1cc(-c2ccccc2)ncc1F. The van der Waals surface area contributed by atoms with Crippen molar-refractivity contribution in [3.05, 3.63) is 54.0 Å². The third-order valence-corrected chi connectivity index (χ3v) is 2.27. The summed E-state index contributed by atoms with van der Waals surface area (Å²) in [6.45, 7) is 0. The molecule has 16 heavy (non-hydrogen) atoms. The van der Waals surface area contributed by atoms with Crippen molar-refractivity contribution in [2.45, 2.75) is 6.42 Å². The average molecular weight is 212 g/mol. The molecule has 0 aliphatic heterocycles. The monoisotopic (exact) mass is 212 g/mol. The Balaban J connectivity index is 2.45. The number of benzene rings is 1. The normalized spacial score (nSPS) is 9.75. The zero-order valence-electron chi connectivity index (χ0n) is 8.52. The van der Waals surface area contributed by atoms with E-state index in [1.54, 1.807) is 6.07 Å². The van der Waals surface area contributed by atoms with Crippen molar-refractivity contribution in [3.8, 4) is 17.3 Å². The Morgan fingerprint density at radius 3 is 2.69 bits per heavy atom. The molecule has 2 aromatic rings. The van der Waals surface area contributed by atoms with E-state index < -0.39 is 5.82 Å². The number of rotatable bonds is 2. The van der Waals surface area contributed by atoms with Crippen molar-refractivity contribution in [2.24, 2.45) is 0 Å². The van der Waals surface area contributed by atoms with Gasteiger partial charge in [-0.2, -0.15) is 5.26 Å². The van der Waals surface area contributed by atoms with E-state index in [-0.39, 0.29) is 6.42 Å². The van der Waals surface area contributed by atoms with Crippen LogP contribution in [0.4, 0.5) is 4.39 Å². The third-order valence-electron chi connectivity index (χ3n) is 2.27. The standard InChI is InChI=1S/C13H9FN2/c14-12-9-16-13(8-11(12)6-7-15)10-4-2-1-3-5-10/h1-5,8-9H,6H2. The molecule has 0 bridgehead atoms. The third kappa shape index (κ3) is 2.06. The van der Waals surface area contributed by atoms with Crippen LogP contribution in [0.15, 0.2) is 42.6 Å². The molecule has 3 heteroatoms. The molecule has 0 N–H and O–H groups in total. The number of halogens is 1. The van der Waals surface area contributed by atoms with Crippen molar-refractivity contribution < 1.29 is 4.39 Å². The van der Waals surface area contributed by atoms with Crippen molar-refractivity contribution in [1.29, 1.82) is 5.26 Å². The second-order valence-electron chi connectivity index (χ2n) is 3.36. The van der Waals surface area contributed by atoms with Crippen LogP contribution < -0.4 is 0 Å². The maximum absolute atomic E-state index is 13.3. The molecule has 0 aliphatic rings. The Kier molecular flexibility index (Phi) is 2.93. The summed E-state index contributed by atoms with van der Waals surface area (Å²) < 4.78 is 13.3. The van der Waals surface area contributed by atoms with Crippen molar-refractivity contribution in [1.82, 2.24) is 4.98 Å². The highest BCUT2D eigenvalue weighted by Crippen LogP contribution is 2.19. The van der Waals surface area contributed by atoms with Gasteiger partial charge in [0.25, 0.3) is 0 Å². The lowest BCUT2D eigenvalue weighted by Crippen LogP contribution is -1.93. The molecule has 0 saturated heterocycles. The fourth-order valence-corrected chi connectivity index (χ4v) is 1.47. The van der Waals surface area contributed by atoms with Crippen LogP contribution in [-0.4, -0.2) is 4.98 Å². The quantitative estimate of drug-likeness (QED) is 0.767. The summed E-state index contributed by atoms with van der Waals surface area (Å²) in [5.74, 6) is -0.429. The first-order chi connectivity index (χ1) is 7.81. The van der Waals surface area contributed by atoms with Gasteiger partial charge in [0.05, 0.1) is 24.4 Å². The van der Waals surface area contributed by atoms with Crippen LogP contribution in [0.1, 0.15) is 5.56 Å². The number of nitrogens with zero attached hydrogens (tertiary/aromatic N) is 2. The molecule has 2 nitrogen and oxygen atoms in total. The Bertz CT molecular complexity index is 529. The van der Waals surface area contributed by atoms with Gasteiger partial charge in [-0.15, -0.1) is 0 Å². The number of hydrogen-bond donors (Lipinski definition) is 0. The predicted octanol–water partition coefficient (Wildman–Crippen LogP) is 2.95. The van der Waals surface area contributed by atoms with E-state index >= 15 is 0 Å². The maximum atomic E-state index is 13.3. The Labute approximate surface area is 93.0 Å². The van der Waals surface area contributed by atoms with Gasteiger partial charge in [0.2, 0.25) is 0 Å². The summed E-state index contributed by atoms with van der Waals surface area (Å²) >= 11 is 0. The van der Waals surface area contributed by atoms with E-state index in [9.17, 15) is 4.39 Å². The van der Waals surface area contributed by atoms with Gasteiger partial charge < -0.3 is 0 Å². The highest BCUT2D eigenvalue weighted by molar-refractivity contribution is 5.59. The fourth-order valence-electron chi connectivity index (χ4n) is 1.47. The van der Waals surface area contributed by atoms with Crippen LogP contribution in [0.25, 0.3) is 11.3 Å². The number of hydrogen-bond acceptors (Lipinski definition) is 2. The molecule has 0 atom stereocenters. The summed E-state index contributed by atoms with van der Waals surface area (Å²) in [5.41, 5.74) is 1.99. The van der Waals surface area contributed by atoms with Crippen LogP contribution in [0.2, 0.25) is 0 Å². The van der Waals surface area contributed by atoms with Gasteiger partial charge in [-0.1, -0.05) is 30.3 Å². The molecular weight excluding hydrogens is 203 g/mol. The molecule has 0 fully saturated rings. The summed E-state index contributed by atoms with van der Waals surface area (Å²) in [5, 5.41) is 8.57. The summed E-state index contributed by atoms with van der Waals surface area (Å²) in [6.07, 6.45) is 1.23. The van der Waals surface area contributed by atoms with Crippen molar-refractivity contribution >= 4 is 0 Å². The Hall–Kier alpha value is -2.21. The van der Waals surface area contributed by atoms with E-state index in [1.807, 2.05) is 36.4 Å². The van der Waals surface area contributed by atoms with E-state index in [1.165, 1.54) is 0 Å². The fraction of sp³-hybridized carbons (Fsp3) is 0.0769. The van der Waals surface area contributed by atoms with Crippen molar-refractivity contribution in [2.75, 3.05) is 0 Å². The molecule has 2 rings (SSSR count). The zero-order valence-corrected chi connectivity index (χ0v) is 8.52. The van der Waals surface area contributed by atoms with Gasteiger partial charge in [-0.05, 0) is 6.07 Å². The molecule has 0 unspecified atom stereocenters. The van der Waals surface area contributed by atoms with Crippen LogP contribution in [0.3, 0.4) is 0 Å². The zero-order chi connectivity index (χ0) is 11.4. The summed E-state index contributed by atoms with van der Waals surface area (Å²) in [7, 11) is 0. The van der Waals surface area contributed by atoms with Gasteiger partial charge in [0.1, 0.15) is 5.82 Å². The topological polar surface area (TPSA) is 36.7 Å². The largest absolute Gasteiger partial charge is 0.253 e. The minimum Gasteiger partial charge on any atom is -0.253 e. The van der Waals surface area contributed by atoms with Gasteiger partial charge in [0.15, 0.2) is 0 Å². The molecule has 1 heterocycles. The molecule has 1 aromatic carbocycles. The minimum atomic E-state index is -0.429. The van der Waals surface area contributed by atoms with Crippen molar-refractivity contribution in [3.63, 3.8) is 0 Å². The van der Waals surface area contributed by atoms with Gasteiger partial charge in [0, 0.05) is 11.1 Å². The second kappa shape index (κ2) is 4.54. The molecule has 0 spiro atoms. The lowest BCUT2D eigenvalue weighted by atomic mass is 10.1. The van der Waals surface area contributed by atoms with E-state index in [0.717, 1.165) is 11.8 Å². The first-order valence-electron chi connectivity index (χ1n) is 4.88. The van der Waals surface area contributed by atoms with E-state index in [0.29, 0.717) is 11.3 Å². The molecule has 1 aromatic heterocycles. The molecule has 0 amide bonds. The first-order valence-corrected chi connectivity index (χ1v) is 4.88. The highest BCUT2D eigenvalue weighted by atomic mass is 19.1. The molecule has 78 valence electrons.